The van der Waals surface area contributed by atoms with Crippen molar-refractivity contribution in [1.82, 2.24) is 20.4 Å². The molecule has 0 amide bonds. The molecule has 0 atom stereocenters. The van der Waals surface area contributed by atoms with Crippen molar-refractivity contribution in [3.63, 3.8) is 0 Å². The standard InChI is InChI=1S/C16H23N5O.HI/c1-12(2)19-16(17-3)18-11-13-9-10-21(20-13)14-5-7-15(22-4)8-6-14;/h5-10,12H,11H2,1-4H3,(H2,17,18,19);1H. The number of hydrogen-bond acceptors (Lipinski definition) is 3. The first-order valence-electron chi connectivity index (χ1n) is 7.28. The van der Waals surface area contributed by atoms with Gasteiger partial charge >= 0.3 is 0 Å². The summed E-state index contributed by atoms with van der Waals surface area (Å²) in [5, 5.41) is 11.0. The minimum Gasteiger partial charge on any atom is -0.497 e. The lowest BCUT2D eigenvalue weighted by atomic mass is 10.3. The van der Waals surface area contributed by atoms with Crippen LogP contribution in [-0.2, 0) is 6.54 Å². The van der Waals surface area contributed by atoms with Crippen molar-refractivity contribution in [1.29, 1.82) is 0 Å². The Morgan fingerprint density at radius 2 is 1.96 bits per heavy atom. The van der Waals surface area contributed by atoms with Gasteiger partial charge in [0.15, 0.2) is 5.96 Å². The summed E-state index contributed by atoms with van der Waals surface area (Å²) in [7, 11) is 3.42. The van der Waals surface area contributed by atoms with E-state index in [9.17, 15) is 0 Å². The Morgan fingerprint density at radius 1 is 1.26 bits per heavy atom. The number of rotatable bonds is 5. The highest BCUT2D eigenvalue weighted by Crippen LogP contribution is 2.14. The van der Waals surface area contributed by atoms with Crippen LogP contribution in [0.1, 0.15) is 19.5 Å². The van der Waals surface area contributed by atoms with E-state index in [-0.39, 0.29) is 24.0 Å². The zero-order valence-electron chi connectivity index (χ0n) is 13.9. The van der Waals surface area contributed by atoms with E-state index >= 15 is 0 Å². The quantitative estimate of drug-likeness (QED) is 0.436. The van der Waals surface area contributed by atoms with Crippen LogP contribution in [0, 0.1) is 0 Å². The van der Waals surface area contributed by atoms with Crippen LogP contribution in [0.2, 0.25) is 0 Å². The molecule has 0 radical (unpaired) electrons. The number of nitrogens with zero attached hydrogens (tertiary/aromatic N) is 3. The molecule has 1 aromatic heterocycles. The molecule has 2 aromatic rings. The van der Waals surface area contributed by atoms with Gasteiger partial charge in [-0.2, -0.15) is 5.10 Å². The zero-order valence-corrected chi connectivity index (χ0v) is 16.2. The summed E-state index contributed by atoms with van der Waals surface area (Å²) < 4.78 is 7.00. The molecule has 0 fully saturated rings. The Bertz CT molecular complexity index is 622. The van der Waals surface area contributed by atoms with Crippen molar-refractivity contribution in [2.24, 2.45) is 4.99 Å². The third-order valence-corrected chi connectivity index (χ3v) is 3.07. The molecule has 7 heteroatoms. The Morgan fingerprint density at radius 3 is 2.52 bits per heavy atom. The molecule has 0 aliphatic heterocycles. The Labute approximate surface area is 154 Å². The number of benzene rings is 1. The second-order valence-electron chi connectivity index (χ2n) is 5.17. The molecule has 6 nitrogen and oxygen atoms in total. The highest BCUT2D eigenvalue weighted by atomic mass is 127. The van der Waals surface area contributed by atoms with Gasteiger partial charge in [-0.3, -0.25) is 4.99 Å². The third-order valence-electron chi connectivity index (χ3n) is 3.07. The highest BCUT2D eigenvalue weighted by molar-refractivity contribution is 14.0. The maximum Gasteiger partial charge on any atom is 0.191 e. The van der Waals surface area contributed by atoms with Crippen molar-refractivity contribution < 1.29 is 4.74 Å². The van der Waals surface area contributed by atoms with E-state index in [1.165, 1.54) is 0 Å². The van der Waals surface area contributed by atoms with Gasteiger partial charge in [-0.15, -0.1) is 24.0 Å². The largest absolute Gasteiger partial charge is 0.497 e. The molecule has 0 spiro atoms. The van der Waals surface area contributed by atoms with Gasteiger partial charge < -0.3 is 15.4 Å². The smallest absolute Gasteiger partial charge is 0.191 e. The summed E-state index contributed by atoms with van der Waals surface area (Å²) in [6.07, 6.45) is 1.94. The van der Waals surface area contributed by atoms with Crippen LogP contribution in [-0.4, -0.2) is 35.9 Å². The van der Waals surface area contributed by atoms with Crippen LogP contribution >= 0.6 is 24.0 Å². The van der Waals surface area contributed by atoms with E-state index in [1.807, 2.05) is 41.2 Å². The molecule has 1 aromatic carbocycles. The fourth-order valence-electron chi connectivity index (χ4n) is 1.98. The van der Waals surface area contributed by atoms with Gasteiger partial charge in [0, 0.05) is 19.3 Å². The molecule has 126 valence electrons. The van der Waals surface area contributed by atoms with Gasteiger partial charge in [-0.25, -0.2) is 4.68 Å². The fraction of sp³-hybridized carbons (Fsp3) is 0.375. The lowest BCUT2D eigenvalue weighted by Gasteiger charge is -2.13. The number of aromatic nitrogens is 2. The molecule has 0 aliphatic carbocycles. The molecule has 2 rings (SSSR count). The second kappa shape index (κ2) is 9.39. The summed E-state index contributed by atoms with van der Waals surface area (Å²) >= 11 is 0. The second-order valence-corrected chi connectivity index (χ2v) is 5.17. The number of ether oxygens (including phenoxy) is 1. The van der Waals surface area contributed by atoms with Crippen molar-refractivity contribution >= 4 is 29.9 Å². The van der Waals surface area contributed by atoms with Crippen molar-refractivity contribution in [3.05, 3.63) is 42.2 Å². The maximum atomic E-state index is 5.16. The summed E-state index contributed by atoms with van der Waals surface area (Å²) in [5.41, 5.74) is 1.94. The lowest BCUT2D eigenvalue weighted by molar-refractivity contribution is 0.414. The number of hydrogen-bond donors (Lipinski definition) is 2. The Hall–Kier alpha value is -1.77. The summed E-state index contributed by atoms with van der Waals surface area (Å²) in [6.45, 7) is 4.77. The normalized spacial score (nSPS) is 11.1. The lowest BCUT2D eigenvalue weighted by Crippen LogP contribution is -2.40. The minimum atomic E-state index is 0. The van der Waals surface area contributed by atoms with E-state index in [2.05, 4.69) is 34.6 Å². The molecule has 0 saturated heterocycles. The van der Waals surface area contributed by atoms with Crippen LogP contribution < -0.4 is 15.4 Å². The van der Waals surface area contributed by atoms with Crippen LogP contribution in [0.25, 0.3) is 5.69 Å². The number of aliphatic imine (C=N–C) groups is 1. The number of methoxy groups -OCH3 is 1. The van der Waals surface area contributed by atoms with Gasteiger partial charge in [0.25, 0.3) is 0 Å². The fourth-order valence-corrected chi connectivity index (χ4v) is 1.98. The van der Waals surface area contributed by atoms with Crippen molar-refractivity contribution in [3.8, 4) is 11.4 Å². The van der Waals surface area contributed by atoms with E-state index in [0.717, 1.165) is 23.1 Å². The molecule has 2 N–H and O–H groups in total. The van der Waals surface area contributed by atoms with Gasteiger partial charge in [0.05, 0.1) is 25.0 Å². The first kappa shape index (κ1) is 19.3. The summed E-state index contributed by atoms with van der Waals surface area (Å²) in [5.74, 6) is 1.61. The molecular weight excluding hydrogens is 405 g/mol. The van der Waals surface area contributed by atoms with Gasteiger partial charge in [-0.1, -0.05) is 0 Å². The van der Waals surface area contributed by atoms with E-state index in [4.69, 9.17) is 4.74 Å². The molecule has 0 aliphatic rings. The van der Waals surface area contributed by atoms with Crippen LogP contribution in [0.5, 0.6) is 5.75 Å². The predicted molar refractivity (Wildman–Crippen MR) is 104 cm³/mol. The molecule has 0 bridgehead atoms. The highest BCUT2D eigenvalue weighted by Gasteiger charge is 2.04. The predicted octanol–water partition coefficient (Wildman–Crippen LogP) is 2.57. The molecule has 23 heavy (non-hydrogen) atoms. The number of halogens is 1. The van der Waals surface area contributed by atoms with E-state index in [0.29, 0.717) is 12.6 Å². The topological polar surface area (TPSA) is 63.5 Å². The maximum absolute atomic E-state index is 5.16. The first-order valence-corrected chi connectivity index (χ1v) is 7.28. The first-order chi connectivity index (χ1) is 10.6. The number of nitrogens with one attached hydrogen (secondary N) is 2. The average Bonchev–Trinajstić information content (AvgIpc) is 3.00. The van der Waals surface area contributed by atoms with Crippen LogP contribution in [0.3, 0.4) is 0 Å². The van der Waals surface area contributed by atoms with Crippen LogP contribution in [0.4, 0.5) is 0 Å². The van der Waals surface area contributed by atoms with E-state index in [1.54, 1.807) is 14.2 Å². The molecule has 0 saturated carbocycles. The Balaban J connectivity index is 0.00000264. The molecular formula is C16H24IN5O. The number of guanidine groups is 1. The molecule has 0 unspecified atom stereocenters. The SMILES string of the molecule is CN=C(NCc1ccn(-c2ccc(OC)cc2)n1)NC(C)C.I. The van der Waals surface area contributed by atoms with Gasteiger partial charge in [-0.05, 0) is 44.2 Å². The minimum absolute atomic E-state index is 0. The monoisotopic (exact) mass is 429 g/mol. The Kier molecular flexibility index (Phi) is 7.87. The third kappa shape index (κ3) is 5.74. The average molecular weight is 429 g/mol. The van der Waals surface area contributed by atoms with Crippen LogP contribution in [0.15, 0.2) is 41.5 Å². The van der Waals surface area contributed by atoms with Crippen molar-refractivity contribution in [2.75, 3.05) is 14.2 Å². The van der Waals surface area contributed by atoms with Gasteiger partial charge in [0.1, 0.15) is 5.75 Å². The summed E-state index contributed by atoms with van der Waals surface area (Å²) in [6, 6.07) is 10.1. The zero-order chi connectivity index (χ0) is 15.9. The van der Waals surface area contributed by atoms with E-state index < -0.39 is 0 Å². The van der Waals surface area contributed by atoms with Gasteiger partial charge in [0.2, 0.25) is 0 Å². The summed E-state index contributed by atoms with van der Waals surface area (Å²) in [4.78, 5) is 4.17. The van der Waals surface area contributed by atoms with Crippen molar-refractivity contribution in [2.45, 2.75) is 26.4 Å². The molecule has 1 heterocycles.